The highest BCUT2D eigenvalue weighted by atomic mass is 35.5. The second kappa shape index (κ2) is 7.30. The molecule has 0 spiro atoms. The SMILES string of the molecule is CC(C)(C)C1CN(C(=O)O)C[C@@H](c2ccc(Cl)c(Cl)c2)[C@H](C=O)O1. The van der Waals surface area contributed by atoms with Crippen molar-refractivity contribution in [2.45, 2.75) is 38.9 Å². The van der Waals surface area contributed by atoms with Crippen molar-refractivity contribution in [3.05, 3.63) is 33.8 Å². The predicted molar refractivity (Wildman–Crippen MR) is 93.0 cm³/mol. The van der Waals surface area contributed by atoms with E-state index in [1.54, 1.807) is 18.2 Å². The average molecular weight is 374 g/mol. The number of benzene rings is 1. The fourth-order valence-electron chi connectivity index (χ4n) is 2.74. The number of hydrogen-bond donors (Lipinski definition) is 1. The fraction of sp³-hybridized carbons (Fsp3) is 0.529. The van der Waals surface area contributed by atoms with E-state index in [1.165, 1.54) is 4.90 Å². The van der Waals surface area contributed by atoms with Gasteiger partial charge in [-0.25, -0.2) is 4.79 Å². The lowest BCUT2D eigenvalue weighted by Crippen LogP contribution is -2.42. The minimum atomic E-state index is -1.04. The molecule has 0 aliphatic carbocycles. The van der Waals surface area contributed by atoms with E-state index in [0.717, 1.165) is 11.8 Å². The van der Waals surface area contributed by atoms with Crippen molar-refractivity contribution in [3.8, 4) is 0 Å². The summed E-state index contributed by atoms with van der Waals surface area (Å²) in [4.78, 5) is 24.6. The standard InChI is InChI=1S/C17H21Cl2NO4/c1-17(2,3)15-8-20(16(22)23)7-11(14(9-21)24-15)10-4-5-12(18)13(19)6-10/h4-6,9,11,14-15H,7-8H2,1-3H3,(H,22,23)/t11-,14-,15?/m0/s1. The summed E-state index contributed by atoms with van der Waals surface area (Å²) in [5, 5.41) is 10.3. The lowest BCUT2D eigenvalue weighted by molar-refractivity contribution is -0.127. The normalized spacial score (nSPS) is 25.2. The molecule has 1 heterocycles. The van der Waals surface area contributed by atoms with E-state index in [2.05, 4.69) is 0 Å². The van der Waals surface area contributed by atoms with Crippen molar-refractivity contribution < 1.29 is 19.4 Å². The number of carbonyl (C=O) groups excluding carboxylic acids is 1. The van der Waals surface area contributed by atoms with Gasteiger partial charge in [0.05, 0.1) is 22.7 Å². The smallest absolute Gasteiger partial charge is 0.407 e. The quantitative estimate of drug-likeness (QED) is 0.793. The first-order valence-corrected chi connectivity index (χ1v) is 8.42. The Kier molecular flexibility index (Phi) is 5.78. The molecular formula is C17H21Cl2NO4. The first-order chi connectivity index (χ1) is 11.1. The van der Waals surface area contributed by atoms with Gasteiger partial charge in [0.2, 0.25) is 0 Å². The number of carboxylic acid groups (broad SMARTS) is 1. The average Bonchev–Trinajstić information content (AvgIpc) is 2.69. The maximum absolute atomic E-state index is 11.6. The van der Waals surface area contributed by atoms with Crippen LogP contribution >= 0.6 is 23.2 Å². The van der Waals surface area contributed by atoms with Crippen LogP contribution in [0.15, 0.2) is 18.2 Å². The summed E-state index contributed by atoms with van der Waals surface area (Å²) < 4.78 is 5.99. The first-order valence-electron chi connectivity index (χ1n) is 7.67. The highest BCUT2D eigenvalue weighted by Gasteiger charge is 2.39. The molecule has 0 bridgehead atoms. The van der Waals surface area contributed by atoms with Crippen LogP contribution in [0.5, 0.6) is 0 Å². The Labute approximate surface area is 151 Å². The van der Waals surface area contributed by atoms with Crippen LogP contribution in [0.25, 0.3) is 0 Å². The summed E-state index contributed by atoms with van der Waals surface area (Å²) in [6.07, 6.45) is -1.45. The van der Waals surface area contributed by atoms with Crippen molar-refractivity contribution >= 4 is 35.6 Å². The number of ether oxygens (including phenoxy) is 1. The molecule has 1 saturated heterocycles. The molecule has 7 heteroatoms. The largest absolute Gasteiger partial charge is 0.465 e. The van der Waals surface area contributed by atoms with E-state index in [1.807, 2.05) is 20.8 Å². The number of carbonyl (C=O) groups is 2. The molecule has 0 saturated carbocycles. The van der Waals surface area contributed by atoms with Gasteiger partial charge in [0.15, 0.2) is 0 Å². The number of halogens is 2. The molecule has 3 atom stereocenters. The summed E-state index contributed by atoms with van der Waals surface area (Å²) in [6.45, 7) is 6.24. The molecule has 1 fully saturated rings. The van der Waals surface area contributed by atoms with Gasteiger partial charge in [-0.1, -0.05) is 50.0 Å². The Bertz CT molecular complexity index is 630. The van der Waals surface area contributed by atoms with Crippen LogP contribution in [0.4, 0.5) is 4.79 Å². The van der Waals surface area contributed by atoms with E-state index >= 15 is 0 Å². The fourth-order valence-corrected chi connectivity index (χ4v) is 3.05. The van der Waals surface area contributed by atoms with Gasteiger partial charge in [-0.05, 0) is 23.1 Å². The lowest BCUT2D eigenvalue weighted by Gasteiger charge is -2.32. The topological polar surface area (TPSA) is 66.8 Å². The third-order valence-electron chi connectivity index (χ3n) is 4.26. The summed E-state index contributed by atoms with van der Waals surface area (Å²) in [5.41, 5.74) is 0.420. The number of hydrogen-bond acceptors (Lipinski definition) is 3. The van der Waals surface area contributed by atoms with Gasteiger partial charge in [0.1, 0.15) is 12.4 Å². The van der Waals surface area contributed by atoms with Crippen LogP contribution in [0, 0.1) is 5.41 Å². The second-order valence-electron chi connectivity index (χ2n) is 7.06. The number of rotatable bonds is 2. The number of nitrogens with zero attached hydrogens (tertiary/aromatic N) is 1. The van der Waals surface area contributed by atoms with Crippen molar-refractivity contribution in [1.29, 1.82) is 0 Å². The third-order valence-corrected chi connectivity index (χ3v) is 5.00. The third kappa shape index (κ3) is 4.21. The van der Waals surface area contributed by atoms with Gasteiger partial charge < -0.3 is 19.5 Å². The van der Waals surface area contributed by atoms with Crippen LogP contribution in [-0.4, -0.2) is 47.7 Å². The van der Waals surface area contributed by atoms with Gasteiger partial charge >= 0.3 is 6.09 Å². The first kappa shape index (κ1) is 19.0. The van der Waals surface area contributed by atoms with E-state index < -0.39 is 24.2 Å². The Morgan fingerprint density at radius 1 is 1.29 bits per heavy atom. The molecule has 1 aromatic rings. The van der Waals surface area contributed by atoms with Gasteiger partial charge in [-0.3, -0.25) is 0 Å². The van der Waals surface area contributed by atoms with E-state index in [0.29, 0.717) is 10.0 Å². The van der Waals surface area contributed by atoms with Crippen molar-refractivity contribution in [1.82, 2.24) is 4.90 Å². The Morgan fingerprint density at radius 2 is 1.96 bits per heavy atom. The van der Waals surface area contributed by atoms with Crippen LogP contribution in [0.1, 0.15) is 32.3 Å². The number of aldehydes is 1. The van der Waals surface area contributed by atoms with Crippen LogP contribution in [0.3, 0.4) is 0 Å². The molecule has 1 aliphatic rings. The molecule has 1 aliphatic heterocycles. The molecule has 1 amide bonds. The zero-order valence-electron chi connectivity index (χ0n) is 13.8. The Hall–Kier alpha value is -1.30. The Balaban J connectivity index is 2.42. The van der Waals surface area contributed by atoms with E-state index in [-0.39, 0.29) is 18.5 Å². The van der Waals surface area contributed by atoms with Gasteiger partial charge in [0, 0.05) is 12.5 Å². The van der Waals surface area contributed by atoms with E-state index in [9.17, 15) is 14.7 Å². The molecule has 24 heavy (non-hydrogen) atoms. The van der Waals surface area contributed by atoms with Gasteiger partial charge in [-0.2, -0.15) is 0 Å². The molecule has 2 rings (SSSR count). The van der Waals surface area contributed by atoms with Crippen LogP contribution in [0.2, 0.25) is 10.0 Å². The van der Waals surface area contributed by atoms with Crippen molar-refractivity contribution in [3.63, 3.8) is 0 Å². The molecule has 5 nitrogen and oxygen atoms in total. The summed E-state index contributed by atoms with van der Waals surface area (Å²) >= 11 is 12.0. The monoisotopic (exact) mass is 373 g/mol. The van der Waals surface area contributed by atoms with E-state index in [4.69, 9.17) is 27.9 Å². The zero-order valence-corrected chi connectivity index (χ0v) is 15.3. The Morgan fingerprint density at radius 3 is 2.46 bits per heavy atom. The molecule has 1 unspecified atom stereocenters. The minimum absolute atomic E-state index is 0.156. The minimum Gasteiger partial charge on any atom is -0.465 e. The predicted octanol–water partition coefficient (Wildman–Crippen LogP) is 4.07. The summed E-state index contributed by atoms with van der Waals surface area (Å²) in [7, 11) is 0. The number of amides is 1. The maximum Gasteiger partial charge on any atom is 0.407 e. The highest BCUT2D eigenvalue weighted by molar-refractivity contribution is 6.42. The highest BCUT2D eigenvalue weighted by Crippen LogP contribution is 2.34. The molecule has 0 aromatic heterocycles. The molecule has 1 aromatic carbocycles. The lowest BCUT2D eigenvalue weighted by atomic mass is 9.88. The second-order valence-corrected chi connectivity index (χ2v) is 7.87. The van der Waals surface area contributed by atoms with Crippen LogP contribution < -0.4 is 0 Å². The van der Waals surface area contributed by atoms with Crippen LogP contribution in [-0.2, 0) is 9.53 Å². The molecule has 132 valence electrons. The summed E-state index contributed by atoms with van der Waals surface area (Å²) in [6, 6.07) is 5.04. The molecular weight excluding hydrogens is 353 g/mol. The zero-order chi connectivity index (χ0) is 18.1. The maximum atomic E-state index is 11.6. The molecule has 0 radical (unpaired) electrons. The van der Waals surface area contributed by atoms with Crippen molar-refractivity contribution in [2.24, 2.45) is 5.41 Å². The molecule has 1 N–H and O–H groups in total. The van der Waals surface area contributed by atoms with Gasteiger partial charge in [-0.15, -0.1) is 0 Å². The van der Waals surface area contributed by atoms with Gasteiger partial charge in [0.25, 0.3) is 0 Å². The summed E-state index contributed by atoms with van der Waals surface area (Å²) in [5.74, 6) is -0.444. The van der Waals surface area contributed by atoms with Crippen molar-refractivity contribution in [2.75, 3.05) is 13.1 Å².